The van der Waals surface area contributed by atoms with Crippen LogP contribution in [0.15, 0.2) is 0 Å². The van der Waals surface area contributed by atoms with Crippen LogP contribution < -0.4 is 0 Å². The highest BCUT2D eigenvalue weighted by molar-refractivity contribution is 5.77. The average Bonchev–Trinajstić information content (AvgIpc) is 2.40. The fourth-order valence-corrected chi connectivity index (χ4v) is 2.26. The summed E-state index contributed by atoms with van der Waals surface area (Å²) in [5, 5.41) is 0. The van der Waals surface area contributed by atoms with Crippen LogP contribution in [-0.4, -0.2) is 23.4 Å². The maximum absolute atomic E-state index is 11.4. The summed E-state index contributed by atoms with van der Waals surface area (Å²) in [4.78, 5) is 13.5. The number of hydrogen-bond donors (Lipinski definition) is 0. The number of rotatable bonds is 0. The smallest absolute Gasteiger partial charge is 0.222 e. The van der Waals surface area contributed by atoms with Gasteiger partial charge in [0.25, 0.3) is 0 Å². The van der Waals surface area contributed by atoms with E-state index in [1.54, 1.807) is 0 Å². The summed E-state index contributed by atoms with van der Waals surface area (Å²) in [7, 11) is 0. The van der Waals surface area contributed by atoms with E-state index in [4.69, 9.17) is 0 Å². The molecule has 1 unspecified atom stereocenters. The fourth-order valence-electron chi connectivity index (χ4n) is 2.26. The highest BCUT2D eigenvalue weighted by Crippen LogP contribution is 2.26. The average molecular weight is 153 g/mol. The summed E-state index contributed by atoms with van der Waals surface area (Å²) in [5.41, 5.74) is 0. The number of nitrogens with zero attached hydrogens (tertiary/aromatic N) is 1. The normalized spacial score (nSPS) is 31.8. The summed E-state index contributed by atoms with van der Waals surface area (Å²) in [5.74, 6) is 0.407. The summed E-state index contributed by atoms with van der Waals surface area (Å²) in [6, 6.07) is 0.616. The van der Waals surface area contributed by atoms with Gasteiger partial charge in [0.1, 0.15) is 0 Å². The third-order valence-corrected chi connectivity index (χ3v) is 2.88. The lowest BCUT2D eigenvalue weighted by Gasteiger charge is -2.21. The third-order valence-electron chi connectivity index (χ3n) is 2.88. The van der Waals surface area contributed by atoms with E-state index in [2.05, 4.69) is 4.90 Å². The second kappa shape index (κ2) is 2.84. The van der Waals surface area contributed by atoms with Crippen LogP contribution in [0.25, 0.3) is 0 Å². The highest BCUT2D eigenvalue weighted by atomic mass is 16.2. The van der Waals surface area contributed by atoms with Crippen molar-refractivity contribution in [1.82, 2.24) is 4.90 Å². The molecule has 2 aliphatic heterocycles. The minimum absolute atomic E-state index is 0.407. The quantitative estimate of drug-likeness (QED) is 0.517. The molecule has 1 amide bonds. The molecule has 0 radical (unpaired) electrons. The Morgan fingerprint density at radius 3 is 2.91 bits per heavy atom. The molecule has 2 heterocycles. The first-order valence-electron chi connectivity index (χ1n) is 4.67. The number of amides is 1. The molecule has 2 aliphatic rings. The van der Waals surface area contributed by atoms with Crippen LogP contribution >= 0.6 is 0 Å². The van der Waals surface area contributed by atoms with Gasteiger partial charge in [0.15, 0.2) is 0 Å². The summed E-state index contributed by atoms with van der Waals surface area (Å²) >= 11 is 0. The van der Waals surface area contributed by atoms with Crippen LogP contribution in [0.4, 0.5) is 0 Å². The maximum Gasteiger partial charge on any atom is 0.222 e. The van der Waals surface area contributed by atoms with Gasteiger partial charge in [-0.05, 0) is 25.7 Å². The van der Waals surface area contributed by atoms with Crippen molar-refractivity contribution in [2.75, 3.05) is 6.54 Å². The molecule has 0 N–H and O–H groups in total. The van der Waals surface area contributed by atoms with Crippen molar-refractivity contribution in [3.05, 3.63) is 0 Å². The summed E-state index contributed by atoms with van der Waals surface area (Å²) in [6.45, 7) is 1.03. The number of hydrogen-bond acceptors (Lipinski definition) is 1. The van der Waals surface area contributed by atoms with Gasteiger partial charge in [0.05, 0.1) is 0 Å². The zero-order valence-electron chi connectivity index (χ0n) is 6.88. The second-order valence-electron chi connectivity index (χ2n) is 3.63. The zero-order valence-corrected chi connectivity index (χ0v) is 6.88. The van der Waals surface area contributed by atoms with Crippen molar-refractivity contribution in [3.8, 4) is 0 Å². The molecule has 2 saturated heterocycles. The van der Waals surface area contributed by atoms with Gasteiger partial charge in [-0.25, -0.2) is 0 Å². The van der Waals surface area contributed by atoms with Crippen LogP contribution in [0.1, 0.15) is 38.5 Å². The van der Waals surface area contributed by atoms with E-state index in [9.17, 15) is 4.79 Å². The van der Waals surface area contributed by atoms with Gasteiger partial charge in [-0.3, -0.25) is 4.79 Å². The molecule has 0 aromatic rings. The van der Waals surface area contributed by atoms with Crippen molar-refractivity contribution in [1.29, 1.82) is 0 Å². The van der Waals surface area contributed by atoms with E-state index >= 15 is 0 Å². The Labute approximate surface area is 67.6 Å². The molecule has 11 heavy (non-hydrogen) atoms. The Morgan fingerprint density at radius 1 is 1.18 bits per heavy atom. The van der Waals surface area contributed by atoms with Gasteiger partial charge in [0, 0.05) is 19.0 Å². The zero-order chi connectivity index (χ0) is 7.68. The Morgan fingerprint density at radius 2 is 2.00 bits per heavy atom. The first-order chi connectivity index (χ1) is 5.38. The second-order valence-corrected chi connectivity index (χ2v) is 3.63. The summed E-state index contributed by atoms with van der Waals surface area (Å²) in [6.07, 6.45) is 6.92. The summed E-state index contributed by atoms with van der Waals surface area (Å²) < 4.78 is 0. The number of fused-ring (bicyclic) bond motifs is 1. The molecule has 2 fully saturated rings. The molecule has 0 aliphatic carbocycles. The number of carbonyl (C=O) groups is 1. The van der Waals surface area contributed by atoms with E-state index in [-0.39, 0.29) is 0 Å². The lowest BCUT2D eigenvalue weighted by atomic mass is 10.1. The Hall–Kier alpha value is -0.530. The molecule has 0 saturated carbocycles. The number of carbonyl (C=O) groups excluding carboxylic acids is 1. The molecular formula is C9H15NO. The first-order valence-corrected chi connectivity index (χ1v) is 4.67. The van der Waals surface area contributed by atoms with Crippen LogP contribution in [0, 0.1) is 0 Å². The minimum atomic E-state index is 0.407. The van der Waals surface area contributed by atoms with Gasteiger partial charge in [-0.15, -0.1) is 0 Å². The van der Waals surface area contributed by atoms with Crippen molar-refractivity contribution < 1.29 is 4.79 Å². The van der Waals surface area contributed by atoms with E-state index in [0.717, 1.165) is 19.4 Å². The largest absolute Gasteiger partial charge is 0.340 e. The Kier molecular flexibility index (Phi) is 1.84. The molecule has 62 valence electrons. The van der Waals surface area contributed by atoms with Crippen LogP contribution in [0.5, 0.6) is 0 Å². The molecule has 0 bridgehead atoms. The van der Waals surface area contributed by atoms with Gasteiger partial charge >= 0.3 is 0 Å². The highest BCUT2D eigenvalue weighted by Gasteiger charge is 2.29. The van der Waals surface area contributed by atoms with E-state index in [1.807, 2.05) is 0 Å². The standard InChI is InChI=1S/C9H15NO/c11-9-6-2-1-4-8-5-3-7-10(8)9/h8H,1-7H2. The minimum Gasteiger partial charge on any atom is -0.340 e. The maximum atomic E-state index is 11.4. The molecule has 2 nitrogen and oxygen atoms in total. The van der Waals surface area contributed by atoms with Gasteiger partial charge < -0.3 is 4.90 Å². The molecule has 2 rings (SSSR count). The van der Waals surface area contributed by atoms with Crippen LogP contribution in [0.2, 0.25) is 0 Å². The third kappa shape index (κ3) is 1.26. The van der Waals surface area contributed by atoms with Gasteiger partial charge in [-0.2, -0.15) is 0 Å². The molecule has 0 aromatic carbocycles. The lowest BCUT2D eigenvalue weighted by Crippen LogP contribution is -2.33. The topological polar surface area (TPSA) is 20.3 Å². The van der Waals surface area contributed by atoms with Crippen LogP contribution in [-0.2, 0) is 4.79 Å². The molecule has 0 spiro atoms. The Balaban J connectivity index is 2.09. The lowest BCUT2D eigenvalue weighted by molar-refractivity contribution is -0.131. The van der Waals surface area contributed by atoms with Crippen molar-refractivity contribution in [2.24, 2.45) is 0 Å². The molecule has 1 atom stereocenters. The van der Waals surface area contributed by atoms with Gasteiger partial charge in [0.2, 0.25) is 5.91 Å². The molecule has 2 heteroatoms. The van der Waals surface area contributed by atoms with Crippen molar-refractivity contribution >= 4 is 5.91 Å². The monoisotopic (exact) mass is 153 g/mol. The van der Waals surface area contributed by atoms with Crippen molar-refractivity contribution in [3.63, 3.8) is 0 Å². The fraction of sp³-hybridized carbons (Fsp3) is 0.889. The van der Waals surface area contributed by atoms with Crippen molar-refractivity contribution in [2.45, 2.75) is 44.6 Å². The SMILES string of the molecule is O=C1CCCCC2CCCN12. The first kappa shape index (κ1) is 7.14. The predicted molar refractivity (Wildman–Crippen MR) is 43.2 cm³/mol. The molecular weight excluding hydrogens is 138 g/mol. The Bertz CT molecular complexity index is 167. The van der Waals surface area contributed by atoms with Gasteiger partial charge in [-0.1, -0.05) is 6.42 Å². The van der Waals surface area contributed by atoms with E-state index < -0.39 is 0 Å². The van der Waals surface area contributed by atoms with Crippen LogP contribution in [0.3, 0.4) is 0 Å². The van der Waals surface area contributed by atoms with E-state index in [0.29, 0.717) is 11.9 Å². The predicted octanol–water partition coefficient (Wildman–Crippen LogP) is 1.55. The molecule has 0 aromatic heterocycles. The van der Waals surface area contributed by atoms with E-state index in [1.165, 1.54) is 25.7 Å².